The number of nitro groups is 1. The number of carbonyl (C=O) groups excluding carboxylic acids is 3. The SMILES string of the molecule is O=C(COC(=O)CCC(=O)c1ccc2c(c1)OCCO2)Nc1ccc(Cl)cc1[N+](=O)[O-]. The zero-order chi connectivity index (χ0) is 22.4. The van der Waals surface area contributed by atoms with Crippen LogP contribution in [-0.4, -0.2) is 42.4 Å². The number of hydrogen-bond acceptors (Lipinski definition) is 8. The van der Waals surface area contributed by atoms with E-state index >= 15 is 0 Å². The van der Waals surface area contributed by atoms with Gasteiger partial charge in [0.15, 0.2) is 23.9 Å². The number of benzene rings is 2. The standard InChI is InChI=1S/C20H17ClN2O8/c21-13-2-3-14(15(10-13)23(27)28)22-19(25)11-31-20(26)6-4-16(24)12-1-5-17-18(9-12)30-8-7-29-17/h1-3,5,9-10H,4,6-8,11H2,(H,22,25). The highest BCUT2D eigenvalue weighted by atomic mass is 35.5. The lowest BCUT2D eigenvalue weighted by Gasteiger charge is -2.18. The van der Waals surface area contributed by atoms with Gasteiger partial charge < -0.3 is 19.5 Å². The molecule has 0 saturated carbocycles. The Bertz CT molecular complexity index is 1040. The minimum atomic E-state index is -0.767. The molecule has 0 atom stereocenters. The number of nitrogens with zero attached hydrogens (tertiary/aromatic N) is 1. The van der Waals surface area contributed by atoms with Crippen LogP contribution in [0.4, 0.5) is 11.4 Å². The Balaban J connectivity index is 1.46. The maximum absolute atomic E-state index is 12.3. The van der Waals surface area contributed by atoms with E-state index in [1.165, 1.54) is 12.1 Å². The first-order chi connectivity index (χ1) is 14.8. The summed E-state index contributed by atoms with van der Waals surface area (Å²) in [6.07, 6.45) is -0.357. The molecule has 1 heterocycles. The second-order valence-electron chi connectivity index (χ2n) is 6.41. The Morgan fingerprint density at radius 2 is 1.81 bits per heavy atom. The van der Waals surface area contributed by atoms with E-state index in [4.69, 9.17) is 25.8 Å². The highest BCUT2D eigenvalue weighted by Gasteiger charge is 2.19. The van der Waals surface area contributed by atoms with Crippen molar-refractivity contribution in [2.75, 3.05) is 25.1 Å². The van der Waals surface area contributed by atoms with Gasteiger partial charge in [-0.15, -0.1) is 0 Å². The van der Waals surface area contributed by atoms with E-state index in [1.807, 2.05) is 0 Å². The molecule has 2 aromatic carbocycles. The van der Waals surface area contributed by atoms with Crippen LogP contribution in [0.15, 0.2) is 36.4 Å². The number of Topliss-reactive ketones (excluding diaryl/α,β-unsaturated/α-hetero) is 1. The number of rotatable bonds is 8. The van der Waals surface area contributed by atoms with Gasteiger partial charge in [-0.3, -0.25) is 24.5 Å². The smallest absolute Gasteiger partial charge is 0.306 e. The van der Waals surface area contributed by atoms with Gasteiger partial charge >= 0.3 is 5.97 Å². The van der Waals surface area contributed by atoms with E-state index in [0.717, 1.165) is 6.07 Å². The third-order valence-electron chi connectivity index (χ3n) is 4.22. The molecule has 0 bridgehead atoms. The molecular weight excluding hydrogens is 432 g/mol. The lowest BCUT2D eigenvalue weighted by atomic mass is 10.1. The van der Waals surface area contributed by atoms with Gasteiger partial charge in [-0.2, -0.15) is 0 Å². The van der Waals surface area contributed by atoms with Crippen molar-refractivity contribution in [3.63, 3.8) is 0 Å². The van der Waals surface area contributed by atoms with Gasteiger partial charge in [-0.05, 0) is 30.3 Å². The second kappa shape index (κ2) is 9.90. The maximum Gasteiger partial charge on any atom is 0.306 e. The number of ketones is 1. The number of hydrogen-bond donors (Lipinski definition) is 1. The molecule has 1 aliphatic rings. The molecule has 0 spiro atoms. The van der Waals surface area contributed by atoms with Gasteiger partial charge in [0.1, 0.15) is 18.9 Å². The molecule has 1 amide bonds. The van der Waals surface area contributed by atoms with Gasteiger partial charge in [0, 0.05) is 23.1 Å². The minimum Gasteiger partial charge on any atom is -0.486 e. The molecular formula is C20H17ClN2O8. The van der Waals surface area contributed by atoms with Gasteiger partial charge in [0.2, 0.25) is 0 Å². The van der Waals surface area contributed by atoms with Gasteiger partial charge in [-0.25, -0.2) is 0 Å². The van der Waals surface area contributed by atoms with Crippen LogP contribution >= 0.6 is 11.6 Å². The Labute approximate surface area is 181 Å². The number of amides is 1. The van der Waals surface area contributed by atoms with Crippen molar-refractivity contribution in [1.82, 2.24) is 0 Å². The molecule has 0 aromatic heterocycles. The number of ether oxygens (including phenoxy) is 3. The molecule has 10 nitrogen and oxygen atoms in total. The molecule has 0 radical (unpaired) electrons. The van der Waals surface area contributed by atoms with E-state index in [-0.39, 0.29) is 29.3 Å². The Hall–Kier alpha value is -3.66. The summed E-state index contributed by atoms with van der Waals surface area (Å²) in [5.74, 6) is -0.805. The normalized spacial score (nSPS) is 12.0. The molecule has 1 aliphatic heterocycles. The summed E-state index contributed by atoms with van der Waals surface area (Å²) in [4.78, 5) is 46.4. The number of esters is 1. The van der Waals surface area contributed by atoms with Crippen LogP contribution in [0.5, 0.6) is 11.5 Å². The van der Waals surface area contributed by atoms with Crippen molar-refractivity contribution in [2.45, 2.75) is 12.8 Å². The van der Waals surface area contributed by atoms with E-state index < -0.39 is 29.1 Å². The largest absolute Gasteiger partial charge is 0.486 e. The average Bonchev–Trinajstić information content (AvgIpc) is 2.76. The number of fused-ring (bicyclic) bond motifs is 1. The van der Waals surface area contributed by atoms with Gasteiger partial charge in [0.25, 0.3) is 11.6 Å². The first kappa shape index (κ1) is 22.0. The average molecular weight is 449 g/mol. The molecule has 0 unspecified atom stereocenters. The summed E-state index contributed by atoms with van der Waals surface area (Å²) in [5.41, 5.74) is -0.105. The molecule has 162 valence electrons. The van der Waals surface area contributed by atoms with Crippen LogP contribution in [0.25, 0.3) is 0 Å². The minimum absolute atomic E-state index is 0.0794. The highest BCUT2D eigenvalue weighted by molar-refractivity contribution is 6.31. The summed E-state index contributed by atoms with van der Waals surface area (Å²) < 4.78 is 15.6. The summed E-state index contributed by atoms with van der Waals surface area (Å²) in [5, 5.41) is 13.5. The molecule has 3 rings (SSSR count). The van der Waals surface area contributed by atoms with Crippen LogP contribution in [0.2, 0.25) is 5.02 Å². The predicted octanol–water partition coefficient (Wildman–Crippen LogP) is 3.16. The monoisotopic (exact) mass is 448 g/mol. The van der Waals surface area contributed by atoms with Crippen LogP contribution in [0, 0.1) is 10.1 Å². The molecule has 31 heavy (non-hydrogen) atoms. The fourth-order valence-corrected chi connectivity index (χ4v) is 2.91. The molecule has 11 heteroatoms. The van der Waals surface area contributed by atoms with E-state index in [9.17, 15) is 24.5 Å². The topological polar surface area (TPSA) is 134 Å². The zero-order valence-corrected chi connectivity index (χ0v) is 16.8. The number of carbonyl (C=O) groups is 3. The quantitative estimate of drug-likeness (QED) is 0.281. The summed E-state index contributed by atoms with van der Waals surface area (Å²) in [6, 6.07) is 8.49. The number of halogens is 1. The van der Waals surface area contributed by atoms with Gasteiger partial charge in [0.05, 0.1) is 11.3 Å². The summed E-state index contributed by atoms with van der Waals surface area (Å²) in [6.45, 7) is 0.167. The van der Waals surface area contributed by atoms with Crippen molar-refractivity contribution < 1.29 is 33.5 Å². The van der Waals surface area contributed by atoms with Crippen molar-refractivity contribution in [1.29, 1.82) is 0 Å². The predicted molar refractivity (Wildman–Crippen MR) is 109 cm³/mol. The number of nitro benzene ring substituents is 1. The van der Waals surface area contributed by atoms with Crippen LogP contribution in [0.3, 0.4) is 0 Å². The first-order valence-electron chi connectivity index (χ1n) is 9.16. The van der Waals surface area contributed by atoms with Crippen molar-refractivity contribution in [3.8, 4) is 11.5 Å². The second-order valence-corrected chi connectivity index (χ2v) is 6.85. The third kappa shape index (κ3) is 5.92. The number of nitrogens with one attached hydrogen (secondary N) is 1. The Morgan fingerprint density at radius 3 is 2.55 bits per heavy atom. The van der Waals surface area contributed by atoms with Crippen LogP contribution in [0.1, 0.15) is 23.2 Å². The van der Waals surface area contributed by atoms with Crippen molar-refractivity contribution >= 4 is 40.6 Å². The van der Waals surface area contributed by atoms with Gasteiger partial charge in [-0.1, -0.05) is 11.6 Å². The summed E-state index contributed by atoms with van der Waals surface area (Å²) >= 11 is 5.71. The fraction of sp³-hybridized carbons (Fsp3) is 0.250. The fourth-order valence-electron chi connectivity index (χ4n) is 2.74. The lowest BCUT2D eigenvalue weighted by Crippen LogP contribution is -2.21. The maximum atomic E-state index is 12.3. The van der Waals surface area contributed by atoms with Crippen molar-refractivity contribution in [2.24, 2.45) is 0 Å². The molecule has 2 aromatic rings. The lowest BCUT2D eigenvalue weighted by molar-refractivity contribution is -0.383. The molecule has 0 saturated heterocycles. The Kier molecular flexibility index (Phi) is 7.03. The number of anilines is 1. The summed E-state index contributed by atoms with van der Waals surface area (Å²) in [7, 11) is 0. The first-order valence-corrected chi connectivity index (χ1v) is 9.53. The molecule has 0 fully saturated rings. The van der Waals surface area contributed by atoms with Crippen LogP contribution in [-0.2, 0) is 14.3 Å². The van der Waals surface area contributed by atoms with E-state index in [1.54, 1.807) is 18.2 Å². The molecule has 1 N–H and O–H groups in total. The molecule has 0 aliphatic carbocycles. The van der Waals surface area contributed by atoms with Crippen LogP contribution < -0.4 is 14.8 Å². The Morgan fingerprint density at radius 1 is 1.06 bits per heavy atom. The van der Waals surface area contributed by atoms with E-state index in [2.05, 4.69) is 5.32 Å². The van der Waals surface area contributed by atoms with E-state index in [0.29, 0.717) is 30.3 Å². The zero-order valence-electron chi connectivity index (χ0n) is 16.1. The van der Waals surface area contributed by atoms with Crippen molar-refractivity contribution in [3.05, 3.63) is 57.1 Å². The highest BCUT2D eigenvalue weighted by Crippen LogP contribution is 2.31. The third-order valence-corrected chi connectivity index (χ3v) is 4.45.